The van der Waals surface area contributed by atoms with Crippen LogP contribution in [0.25, 0.3) is 11.1 Å². The van der Waals surface area contributed by atoms with Gasteiger partial charge in [-0.1, -0.05) is 55.5 Å². The highest BCUT2D eigenvalue weighted by Crippen LogP contribution is 2.44. The molecule has 2 fully saturated rings. The van der Waals surface area contributed by atoms with Crippen LogP contribution < -0.4 is 5.32 Å². The number of fused-ring (bicyclic) bond motifs is 4. The van der Waals surface area contributed by atoms with Gasteiger partial charge in [-0.25, -0.2) is 9.59 Å². The van der Waals surface area contributed by atoms with Gasteiger partial charge in [0.15, 0.2) is 0 Å². The predicted octanol–water partition coefficient (Wildman–Crippen LogP) is 3.15. The summed E-state index contributed by atoms with van der Waals surface area (Å²) in [4.78, 5) is 39.2. The van der Waals surface area contributed by atoms with E-state index in [1.807, 2.05) is 36.4 Å². The minimum atomic E-state index is -1.05. The Morgan fingerprint density at radius 3 is 2.38 bits per heavy atom. The Kier molecular flexibility index (Phi) is 6.00. The summed E-state index contributed by atoms with van der Waals surface area (Å²) in [7, 11) is 0. The van der Waals surface area contributed by atoms with Gasteiger partial charge in [0.25, 0.3) is 0 Å². The molecular weight excluding hydrogens is 436 g/mol. The van der Waals surface area contributed by atoms with Crippen LogP contribution in [0.15, 0.2) is 48.5 Å². The summed E-state index contributed by atoms with van der Waals surface area (Å²) in [6.07, 6.45) is 0.239. The van der Waals surface area contributed by atoms with Gasteiger partial charge in [-0.2, -0.15) is 0 Å². The first-order valence-electron chi connectivity index (χ1n) is 11.8. The number of rotatable bonds is 6. The quantitative estimate of drug-likeness (QED) is 0.681. The van der Waals surface area contributed by atoms with Crippen molar-refractivity contribution in [2.45, 2.75) is 56.3 Å². The second-order valence-corrected chi connectivity index (χ2v) is 9.03. The molecule has 2 saturated heterocycles. The van der Waals surface area contributed by atoms with Gasteiger partial charge >= 0.3 is 12.1 Å². The van der Waals surface area contributed by atoms with E-state index in [4.69, 9.17) is 9.47 Å². The Labute approximate surface area is 197 Å². The van der Waals surface area contributed by atoms with Crippen LogP contribution in [0.4, 0.5) is 4.79 Å². The maximum Gasteiger partial charge on any atom is 0.407 e. The number of carboxylic acids is 1. The predicted molar refractivity (Wildman–Crippen MR) is 123 cm³/mol. The number of nitrogens with one attached hydrogen (secondary N) is 1. The van der Waals surface area contributed by atoms with Crippen molar-refractivity contribution in [1.82, 2.24) is 10.2 Å². The third-order valence-electron chi connectivity index (χ3n) is 7.20. The third kappa shape index (κ3) is 3.81. The Hall–Kier alpha value is -3.39. The van der Waals surface area contributed by atoms with Crippen LogP contribution in [0, 0.1) is 0 Å². The highest BCUT2D eigenvalue weighted by molar-refractivity contribution is 5.90. The highest BCUT2D eigenvalue weighted by atomic mass is 16.5. The van der Waals surface area contributed by atoms with E-state index < -0.39 is 30.1 Å². The number of nitrogens with zero attached hydrogens (tertiary/aromatic N) is 1. The molecule has 2 heterocycles. The summed E-state index contributed by atoms with van der Waals surface area (Å²) in [6.45, 7) is 2.42. The molecule has 3 unspecified atom stereocenters. The van der Waals surface area contributed by atoms with Crippen molar-refractivity contribution in [2.75, 3.05) is 13.2 Å². The van der Waals surface area contributed by atoms with Crippen LogP contribution in [0.1, 0.15) is 43.2 Å². The summed E-state index contributed by atoms with van der Waals surface area (Å²) >= 11 is 0. The zero-order valence-electron chi connectivity index (χ0n) is 19.0. The van der Waals surface area contributed by atoms with Gasteiger partial charge < -0.3 is 24.8 Å². The lowest BCUT2D eigenvalue weighted by atomic mass is 9.98. The normalized spacial score (nSPS) is 23.7. The number of ether oxygens (including phenoxy) is 2. The molecule has 5 rings (SSSR count). The van der Waals surface area contributed by atoms with Crippen molar-refractivity contribution in [3.8, 4) is 11.1 Å². The number of hydrogen-bond donors (Lipinski definition) is 2. The summed E-state index contributed by atoms with van der Waals surface area (Å²) in [5, 5.41) is 12.3. The van der Waals surface area contributed by atoms with Crippen LogP contribution in [-0.4, -0.2) is 65.4 Å². The lowest BCUT2D eigenvalue weighted by Gasteiger charge is -2.30. The Morgan fingerprint density at radius 2 is 1.76 bits per heavy atom. The molecule has 8 nitrogen and oxygen atoms in total. The molecule has 2 aliphatic heterocycles. The van der Waals surface area contributed by atoms with Crippen LogP contribution >= 0.6 is 0 Å². The lowest BCUT2D eigenvalue weighted by molar-refractivity contribution is -0.150. The van der Waals surface area contributed by atoms with E-state index in [1.54, 1.807) is 6.92 Å². The maximum atomic E-state index is 13.3. The third-order valence-corrected chi connectivity index (χ3v) is 7.20. The number of amides is 2. The highest BCUT2D eigenvalue weighted by Gasteiger charge is 2.51. The molecular formula is C26H28N2O6. The molecule has 178 valence electrons. The number of likely N-dealkylation sites (tertiary alicyclic amines) is 1. The fraction of sp³-hybridized carbons (Fsp3) is 0.423. The molecule has 2 aromatic carbocycles. The summed E-state index contributed by atoms with van der Waals surface area (Å²) < 4.78 is 11.2. The van der Waals surface area contributed by atoms with Crippen LogP contribution in [0.2, 0.25) is 0 Å². The Morgan fingerprint density at radius 1 is 1.12 bits per heavy atom. The molecule has 34 heavy (non-hydrogen) atoms. The zero-order valence-corrected chi connectivity index (χ0v) is 19.0. The van der Waals surface area contributed by atoms with Crippen LogP contribution in [-0.2, 0) is 19.1 Å². The van der Waals surface area contributed by atoms with Crippen molar-refractivity contribution in [3.05, 3.63) is 59.7 Å². The van der Waals surface area contributed by atoms with Crippen molar-refractivity contribution >= 4 is 18.0 Å². The molecule has 0 radical (unpaired) electrons. The largest absolute Gasteiger partial charge is 0.480 e. The first-order valence-corrected chi connectivity index (χ1v) is 11.8. The first kappa shape index (κ1) is 22.4. The number of carbonyl (C=O) groups is 3. The smallest absolute Gasteiger partial charge is 0.407 e. The van der Waals surface area contributed by atoms with Crippen molar-refractivity contribution < 1.29 is 29.0 Å². The maximum absolute atomic E-state index is 13.3. The molecule has 2 amide bonds. The number of hydrogen-bond acceptors (Lipinski definition) is 5. The Bertz CT molecular complexity index is 1070. The molecule has 0 bridgehead atoms. The second-order valence-electron chi connectivity index (χ2n) is 9.03. The zero-order chi connectivity index (χ0) is 23.8. The summed E-state index contributed by atoms with van der Waals surface area (Å²) in [6, 6.07) is 14.1. The molecule has 0 saturated carbocycles. The summed E-state index contributed by atoms with van der Waals surface area (Å²) in [5.74, 6) is -1.54. The van der Waals surface area contributed by atoms with Gasteiger partial charge in [-0.15, -0.1) is 0 Å². The Balaban J connectivity index is 1.26. The molecule has 2 N–H and O–H groups in total. The monoisotopic (exact) mass is 464 g/mol. The van der Waals surface area contributed by atoms with E-state index in [1.165, 1.54) is 4.90 Å². The average molecular weight is 465 g/mol. The van der Waals surface area contributed by atoms with Crippen molar-refractivity contribution in [2.24, 2.45) is 0 Å². The minimum absolute atomic E-state index is 0.0831. The van der Waals surface area contributed by atoms with Gasteiger partial charge in [0.1, 0.15) is 18.7 Å². The van der Waals surface area contributed by atoms with Crippen LogP contribution in [0.5, 0.6) is 0 Å². The van der Waals surface area contributed by atoms with E-state index in [9.17, 15) is 19.5 Å². The van der Waals surface area contributed by atoms with Gasteiger partial charge in [0, 0.05) is 18.9 Å². The lowest BCUT2D eigenvalue weighted by Crippen LogP contribution is -2.54. The van der Waals surface area contributed by atoms with E-state index in [0.29, 0.717) is 19.4 Å². The van der Waals surface area contributed by atoms with Crippen LogP contribution in [0.3, 0.4) is 0 Å². The summed E-state index contributed by atoms with van der Waals surface area (Å²) in [5.41, 5.74) is 4.48. The van der Waals surface area contributed by atoms with E-state index in [-0.39, 0.29) is 31.1 Å². The number of alkyl carbamates (subject to hydrolysis) is 1. The fourth-order valence-corrected chi connectivity index (χ4v) is 5.58. The van der Waals surface area contributed by atoms with Gasteiger partial charge in [0.05, 0.1) is 12.1 Å². The molecule has 0 aromatic heterocycles. The topological polar surface area (TPSA) is 105 Å². The molecule has 2 aromatic rings. The van der Waals surface area contributed by atoms with Gasteiger partial charge in [0.2, 0.25) is 5.91 Å². The number of aliphatic carboxylic acids is 1. The molecule has 8 heteroatoms. The fourth-order valence-electron chi connectivity index (χ4n) is 5.58. The molecule has 4 atom stereocenters. The second kappa shape index (κ2) is 9.10. The number of benzene rings is 2. The molecule has 0 spiro atoms. The standard InChI is InChI=1S/C26H28N2O6/c1-2-20(24(29)28-21-11-12-33-23(21)13-22(28)25(30)31)27-26(32)34-14-19-17-9-5-3-7-15(17)16-8-4-6-10-18(16)19/h3-10,19-23H,2,11-14H2,1H3,(H,27,32)(H,30,31)/t20-,21?,22?,23?/m0/s1. The number of carboxylic acid groups (broad SMARTS) is 1. The van der Waals surface area contributed by atoms with Crippen molar-refractivity contribution in [1.29, 1.82) is 0 Å². The van der Waals surface area contributed by atoms with E-state index in [0.717, 1.165) is 22.3 Å². The van der Waals surface area contributed by atoms with Crippen molar-refractivity contribution in [3.63, 3.8) is 0 Å². The van der Waals surface area contributed by atoms with Gasteiger partial charge in [-0.05, 0) is 35.1 Å². The van der Waals surface area contributed by atoms with Gasteiger partial charge in [-0.3, -0.25) is 4.79 Å². The van der Waals surface area contributed by atoms with E-state index >= 15 is 0 Å². The first-order chi connectivity index (χ1) is 16.5. The van der Waals surface area contributed by atoms with E-state index in [2.05, 4.69) is 17.4 Å². The molecule has 3 aliphatic rings. The minimum Gasteiger partial charge on any atom is -0.480 e. The SMILES string of the molecule is CC[C@H](NC(=O)OCC1c2ccccc2-c2ccccc21)C(=O)N1C(C(=O)O)CC2OCCC21. The number of carbonyl (C=O) groups excluding carboxylic acids is 2. The average Bonchev–Trinajstić information content (AvgIpc) is 3.52. The molecule has 1 aliphatic carbocycles.